The second-order valence-electron chi connectivity index (χ2n) is 13.2. The first-order valence-electron chi connectivity index (χ1n) is 16.2. The molecule has 2 aromatic carbocycles. The number of halogens is 6. The predicted octanol–water partition coefficient (Wildman–Crippen LogP) is 12.1. The molecule has 1 unspecified atom stereocenters. The van der Waals surface area contributed by atoms with Gasteiger partial charge in [0.15, 0.2) is 0 Å². The summed E-state index contributed by atoms with van der Waals surface area (Å²) in [6.45, 7) is 2.25. The van der Waals surface area contributed by atoms with E-state index >= 15 is 4.39 Å². The number of hydrogen-bond acceptors (Lipinski definition) is 0. The van der Waals surface area contributed by atoms with Crippen molar-refractivity contribution in [2.75, 3.05) is 0 Å². The molecule has 0 aliphatic heterocycles. The fourth-order valence-corrected chi connectivity index (χ4v) is 8.06. The van der Waals surface area contributed by atoms with E-state index in [0.29, 0.717) is 36.2 Å². The summed E-state index contributed by atoms with van der Waals surface area (Å²) in [6.07, 6.45) is 13.1. The van der Waals surface area contributed by atoms with E-state index in [9.17, 15) is 22.0 Å². The van der Waals surface area contributed by atoms with Crippen LogP contribution in [-0.2, 0) is 6.18 Å². The normalized spacial score (nSPS) is 27.1. The molecular formula is C36H44F6. The molecule has 0 spiro atoms. The van der Waals surface area contributed by atoms with Gasteiger partial charge in [0.1, 0.15) is 23.0 Å². The van der Waals surface area contributed by atoms with Crippen molar-refractivity contribution >= 4 is 5.57 Å². The van der Waals surface area contributed by atoms with Crippen molar-refractivity contribution < 1.29 is 26.3 Å². The van der Waals surface area contributed by atoms with Gasteiger partial charge in [-0.15, -0.1) is 0 Å². The van der Waals surface area contributed by atoms with Gasteiger partial charge in [-0.1, -0.05) is 50.8 Å². The van der Waals surface area contributed by atoms with Crippen molar-refractivity contribution in [1.29, 1.82) is 0 Å². The van der Waals surface area contributed by atoms with Crippen molar-refractivity contribution in [3.05, 3.63) is 76.1 Å². The summed E-state index contributed by atoms with van der Waals surface area (Å²) in [5, 5.41) is 0. The van der Waals surface area contributed by atoms with Crippen LogP contribution in [0.3, 0.4) is 0 Å². The SMILES string of the molecule is CCCCCC1CCC(c2ccc(C3=CCC(C4CCC(c5cc(F)c(C(F)(F)F)c(F)c5)CC4)CC3)c(F)c2)CC1. The van der Waals surface area contributed by atoms with Crippen LogP contribution in [0.1, 0.15) is 137 Å². The van der Waals surface area contributed by atoms with Crippen LogP contribution in [0.5, 0.6) is 0 Å². The van der Waals surface area contributed by atoms with Crippen LogP contribution in [0.4, 0.5) is 26.3 Å². The highest BCUT2D eigenvalue weighted by atomic mass is 19.4. The molecule has 0 N–H and O–H groups in total. The zero-order valence-corrected chi connectivity index (χ0v) is 24.7. The molecule has 0 radical (unpaired) electrons. The van der Waals surface area contributed by atoms with E-state index in [1.807, 2.05) is 6.07 Å². The fraction of sp³-hybridized carbons (Fsp3) is 0.611. The second-order valence-corrected chi connectivity index (χ2v) is 13.2. The summed E-state index contributed by atoms with van der Waals surface area (Å²) in [5.74, 6) is -1.07. The van der Waals surface area contributed by atoms with E-state index in [2.05, 4.69) is 19.1 Å². The molecule has 42 heavy (non-hydrogen) atoms. The third kappa shape index (κ3) is 7.27. The number of unbranched alkanes of at least 4 members (excludes halogenated alkanes) is 2. The standard InChI is InChI=1S/C36H44F6/c1-2-3-4-5-23-6-8-26(9-7-23)29-18-19-31(32(37)20-29)28-16-14-25(15-17-28)24-10-12-27(13-11-24)30-21-33(38)35(34(39)22-30)36(40,41)42/h16,18-27H,2-15,17H2,1H3. The van der Waals surface area contributed by atoms with Gasteiger partial charge in [-0.25, -0.2) is 13.2 Å². The van der Waals surface area contributed by atoms with Crippen LogP contribution < -0.4 is 0 Å². The summed E-state index contributed by atoms with van der Waals surface area (Å²) >= 11 is 0. The molecule has 6 heteroatoms. The molecule has 3 aliphatic rings. The Morgan fingerprint density at radius 1 is 0.690 bits per heavy atom. The maximum absolute atomic E-state index is 15.3. The Bertz CT molecular complexity index is 1200. The topological polar surface area (TPSA) is 0 Å². The van der Waals surface area contributed by atoms with E-state index in [-0.39, 0.29) is 11.7 Å². The third-order valence-corrected chi connectivity index (χ3v) is 10.6. The maximum Gasteiger partial charge on any atom is 0.422 e. The van der Waals surface area contributed by atoms with Gasteiger partial charge in [0, 0.05) is 5.56 Å². The minimum Gasteiger partial charge on any atom is -0.206 e. The Hall–Kier alpha value is -2.24. The highest BCUT2D eigenvalue weighted by molar-refractivity contribution is 5.67. The van der Waals surface area contributed by atoms with Crippen LogP contribution >= 0.6 is 0 Å². The van der Waals surface area contributed by atoms with E-state index in [1.54, 1.807) is 6.07 Å². The lowest BCUT2D eigenvalue weighted by molar-refractivity contribution is -0.142. The number of alkyl halides is 3. The number of hydrogen-bond donors (Lipinski definition) is 0. The van der Waals surface area contributed by atoms with Gasteiger partial charge >= 0.3 is 6.18 Å². The fourth-order valence-electron chi connectivity index (χ4n) is 8.06. The van der Waals surface area contributed by atoms with Crippen molar-refractivity contribution in [3.8, 4) is 0 Å². The molecule has 2 fully saturated rings. The van der Waals surface area contributed by atoms with Crippen molar-refractivity contribution in [2.24, 2.45) is 17.8 Å². The lowest BCUT2D eigenvalue weighted by Crippen LogP contribution is -2.23. The summed E-state index contributed by atoms with van der Waals surface area (Å²) in [4.78, 5) is 0. The van der Waals surface area contributed by atoms with Crippen LogP contribution in [0.15, 0.2) is 36.4 Å². The zero-order valence-electron chi connectivity index (χ0n) is 24.7. The molecular weight excluding hydrogens is 546 g/mol. The first-order valence-corrected chi connectivity index (χ1v) is 16.2. The lowest BCUT2D eigenvalue weighted by atomic mass is 9.70. The van der Waals surface area contributed by atoms with E-state index < -0.39 is 23.4 Å². The van der Waals surface area contributed by atoms with Crippen LogP contribution in [0, 0.1) is 35.2 Å². The Morgan fingerprint density at radius 3 is 1.88 bits per heavy atom. The first kappa shape index (κ1) is 31.2. The zero-order chi connectivity index (χ0) is 29.9. The second kappa shape index (κ2) is 13.6. The maximum atomic E-state index is 15.3. The molecule has 0 nitrogen and oxygen atoms in total. The largest absolute Gasteiger partial charge is 0.422 e. The van der Waals surface area contributed by atoms with Crippen LogP contribution in [0.2, 0.25) is 0 Å². The average molecular weight is 591 g/mol. The molecule has 0 bridgehead atoms. The number of rotatable bonds is 8. The van der Waals surface area contributed by atoms with E-state index in [4.69, 9.17) is 0 Å². The molecule has 0 heterocycles. The van der Waals surface area contributed by atoms with Gasteiger partial charge in [-0.2, -0.15) is 13.2 Å². The monoisotopic (exact) mass is 590 g/mol. The molecule has 5 rings (SSSR count). The van der Waals surface area contributed by atoms with E-state index in [1.165, 1.54) is 38.5 Å². The van der Waals surface area contributed by atoms with Crippen molar-refractivity contribution in [1.82, 2.24) is 0 Å². The van der Waals surface area contributed by atoms with Gasteiger partial charge in [-0.05, 0) is 135 Å². The first-order chi connectivity index (χ1) is 20.1. The quantitative estimate of drug-likeness (QED) is 0.212. The van der Waals surface area contributed by atoms with Crippen molar-refractivity contribution in [3.63, 3.8) is 0 Å². The number of allylic oxidation sites excluding steroid dienone is 2. The minimum atomic E-state index is -5.05. The Labute approximate surface area is 247 Å². The predicted molar refractivity (Wildman–Crippen MR) is 157 cm³/mol. The summed E-state index contributed by atoms with van der Waals surface area (Å²) in [5.41, 5.74) is 1.46. The number of benzene rings is 2. The van der Waals surface area contributed by atoms with Gasteiger partial charge in [0.25, 0.3) is 0 Å². The molecule has 230 valence electrons. The Kier molecular flexibility index (Phi) is 10.1. The Morgan fingerprint density at radius 2 is 1.31 bits per heavy atom. The minimum absolute atomic E-state index is 0.112. The molecule has 2 saturated carbocycles. The highest BCUT2D eigenvalue weighted by Gasteiger charge is 2.39. The van der Waals surface area contributed by atoms with Gasteiger partial charge in [0.2, 0.25) is 0 Å². The third-order valence-electron chi connectivity index (χ3n) is 10.6. The Balaban J connectivity index is 1.13. The molecule has 3 aliphatic carbocycles. The summed E-state index contributed by atoms with van der Waals surface area (Å²) in [7, 11) is 0. The summed E-state index contributed by atoms with van der Waals surface area (Å²) < 4.78 is 82.4. The molecule has 1 atom stereocenters. The molecule has 2 aromatic rings. The van der Waals surface area contributed by atoms with Crippen LogP contribution in [-0.4, -0.2) is 0 Å². The van der Waals surface area contributed by atoms with Crippen LogP contribution in [0.25, 0.3) is 5.57 Å². The smallest absolute Gasteiger partial charge is 0.206 e. The van der Waals surface area contributed by atoms with Gasteiger partial charge in [-0.3, -0.25) is 0 Å². The molecule has 0 saturated heterocycles. The van der Waals surface area contributed by atoms with E-state index in [0.717, 1.165) is 79.7 Å². The highest BCUT2D eigenvalue weighted by Crippen LogP contribution is 2.45. The molecule has 0 amide bonds. The summed E-state index contributed by atoms with van der Waals surface area (Å²) in [6, 6.07) is 7.63. The average Bonchev–Trinajstić information content (AvgIpc) is 2.97. The lowest BCUT2D eigenvalue weighted by Gasteiger charge is -2.36. The van der Waals surface area contributed by atoms with Gasteiger partial charge < -0.3 is 0 Å². The molecule has 0 aromatic heterocycles. The van der Waals surface area contributed by atoms with Gasteiger partial charge in [0.05, 0.1) is 0 Å². The van der Waals surface area contributed by atoms with Crippen molar-refractivity contribution in [2.45, 2.75) is 121 Å².